The first kappa shape index (κ1) is 15.3. The number of amidine groups is 1. The van der Waals surface area contributed by atoms with Gasteiger partial charge in [0.2, 0.25) is 0 Å². The molecule has 0 bridgehead atoms. The molecule has 0 spiro atoms. The van der Waals surface area contributed by atoms with Crippen molar-refractivity contribution in [3.05, 3.63) is 29.8 Å². The highest BCUT2D eigenvalue weighted by Gasteiger charge is 1.99. The van der Waals surface area contributed by atoms with E-state index in [2.05, 4.69) is 12.1 Å². The van der Waals surface area contributed by atoms with Gasteiger partial charge < -0.3 is 20.4 Å². The van der Waals surface area contributed by atoms with E-state index < -0.39 is 0 Å². The first-order valence-electron chi connectivity index (χ1n) is 6.56. The van der Waals surface area contributed by atoms with Gasteiger partial charge >= 0.3 is 0 Å². The lowest BCUT2D eigenvalue weighted by molar-refractivity contribution is 0.0973. The number of hydrogen-bond acceptors (Lipinski definition) is 4. The van der Waals surface area contributed by atoms with Crippen molar-refractivity contribution in [2.75, 3.05) is 19.8 Å². The van der Waals surface area contributed by atoms with Crippen LogP contribution in [0.2, 0.25) is 0 Å². The molecule has 0 amide bonds. The van der Waals surface area contributed by atoms with Crippen molar-refractivity contribution in [3.63, 3.8) is 0 Å². The first-order valence-corrected chi connectivity index (χ1v) is 6.56. The molecule has 0 fully saturated rings. The molecule has 0 aliphatic heterocycles. The van der Waals surface area contributed by atoms with E-state index in [9.17, 15) is 0 Å². The van der Waals surface area contributed by atoms with Crippen LogP contribution in [0.15, 0.2) is 29.4 Å². The Balaban J connectivity index is 2.19. The van der Waals surface area contributed by atoms with Gasteiger partial charge in [0.05, 0.1) is 6.61 Å². The standard InChI is InChI=1S/C14H22N2O3/c1-2-3-4-9-18-10-11-19-13-7-5-12(6-8-13)14(15)16-17/h5-8,17H,2-4,9-11H2,1H3,(H2,15,16). The van der Waals surface area contributed by atoms with Crippen LogP contribution in [-0.4, -0.2) is 30.9 Å². The Hall–Kier alpha value is -1.75. The first-order chi connectivity index (χ1) is 9.27. The van der Waals surface area contributed by atoms with Crippen molar-refractivity contribution in [2.24, 2.45) is 10.9 Å². The molecule has 1 aromatic carbocycles. The van der Waals surface area contributed by atoms with Gasteiger partial charge in [-0.1, -0.05) is 24.9 Å². The predicted octanol–water partition coefficient (Wildman–Crippen LogP) is 2.37. The summed E-state index contributed by atoms with van der Waals surface area (Å²) >= 11 is 0. The van der Waals surface area contributed by atoms with Gasteiger partial charge in [-0.3, -0.25) is 0 Å². The summed E-state index contributed by atoms with van der Waals surface area (Å²) < 4.78 is 11.0. The van der Waals surface area contributed by atoms with Gasteiger partial charge in [0, 0.05) is 12.2 Å². The van der Waals surface area contributed by atoms with E-state index >= 15 is 0 Å². The molecular formula is C14H22N2O3. The monoisotopic (exact) mass is 266 g/mol. The lowest BCUT2D eigenvalue weighted by Crippen LogP contribution is -2.13. The number of unbranched alkanes of at least 4 members (excludes halogenated alkanes) is 2. The largest absolute Gasteiger partial charge is 0.491 e. The van der Waals surface area contributed by atoms with E-state index in [0.29, 0.717) is 18.8 Å². The summed E-state index contributed by atoms with van der Waals surface area (Å²) in [6, 6.07) is 7.05. The molecule has 5 heteroatoms. The summed E-state index contributed by atoms with van der Waals surface area (Å²) in [5.74, 6) is 0.831. The predicted molar refractivity (Wildman–Crippen MR) is 74.8 cm³/mol. The maximum absolute atomic E-state index is 8.53. The van der Waals surface area contributed by atoms with E-state index in [1.165, 1.54) is 12.8 Å². The summed E-state index contributed by atoms with van der Waals surface area (Å²) in [6.07, 6.45) is 3.51. The third-order valence-electron chi connectivity index (χ3n) is 2.65. The van der Waals surface area contributed by atoms with Crippen molar-refractivity contribution < 1.29 is 14.7 Å². The molecule has 5 nitrogen and oxygen atoms in total. The van der Waals surface area contributed by atoms with E-state index in [1.54, 1.807) is 24.3 Å². The zero-order valence-electron chi connectivity index (χ0n) is 11.3. The number of rotatable bonds is 9. The Bertz CT molecular complexity index is 377. The SMILES string of the molecule is CCCCCOCCOc1ccc(/C(N)=N/O)cc1. The minimum absolute atomic E-state index is 0.0887. The van der Waals surface area contributed by atoms with Crippen LogP contribution in [0.4, 0.5) is 0 Å². The molecule has 3 N–H and O–H groups in total. The highest BCUT2D eigenvalue weighted by Crippen LogP contribution is 2.11. The summed E-state index contributed by atoms with van der Waals surface area (Å²) in [6.45, 7) is 4.07. The van der Waals surface area contributed by atoms with Crippen molar-refractivity contribution in [2.45, 2.75) is 26.2 Å². The Kier molecular flexibility index (Phi) is 7.43. The van der Waals surface area contributed by atoms with Gasteiger partial charge in [-0.05, 0) is 30.7 Å². The minimum atomic E-state index is 0.0887. The number of nitrogens with zero attached hydrogens (tertiary/aromatic N) is 1. The van der Waals surface area contributed by atoms with Crippen LogP contribution >= 0.6 is 0 Å². The lowest BCUT2D eigenvalue weighted by Gasteiger charge is -2.07. The second-order valence-electron chi connectivity index (χ2n) is 4.18. The van der Waals surface area contributed by atoms with E-state index in [0.717, 1.165) is 18.8 Å². The highest BCUT2D eigenvalue weighted by atomic mass is 16.5. The molecule has 0 aliphatic carbocycles. The zero-order chi connectivity index (χ0) is 13.9. The van der Waals surface area contributed by atoms with Crippen LogP contribution in [0, 0.1) is 0 Å². The van der Waals surface area contributed by atoms with Crippen molar-refractivity contribution >= 4 is 5.84 Å². The van der Waals surface area contributed by atoms with Crippen LogP contribution in [-0.2, 0) is 4.74 Å². The van der Waals surface area contributed by atoms with Crippen LogP contribution in [0.5, 0.6) is 5.75 Å². The molecule has 0 saturated heterocycles. The molecule has 0 aromatic heterocycles. The van der Waals surface area contributed by atoms with Gasteiger partial charge in [-0.15, -0.1) is 0 Å². The molecule has 0 atom stereocenters. The fourth-order valence-electron chi connectivity index (χ4n) is 1.55. The van der Waals surface area contributed by atoms with Crippen molar-refractivity contribution in [1.29, 1.82) is 0 Å². The Labute approximate surface area is 114 Å². The average Bonchev–Trinajstić information content (AvgIpc) is 2.46. The number of benzene rings is 1. The van der Waals surface area contributed by atoms with Gasteiger partial charge in [-0.2, -0.15) is 0 Å². The maximum Gasteiger partial charge on any atom is 0.170 e. The van der Waals surface area contributed by atoms with Crippen LogP contribution in [0.1, 0.15) is 31.7 Å². The summed E-state index contributed by atoms with van der Waals surface area (Å²) in [5.41, 5.74) is 6.12. The fraction of sp³-hybridized carbons (Fsp3) is 0.500. The third kappa shape index (κ3) is 6.10. The summed E-state index contributed by atoms with van der Waals surface area (Å²) in [4.78, 5) is 0. The van der Waals surface area contributed by atoms with Gasteiger partial charge in [0.25, 0.3) is 0 Å². The average molecular weight is 266 g/mol. The lowest BCUT2D eigenvalue weighted by atomic mass is 10.2. The molecule has 19 heavy (non-hydrogen) atoms. The Morgan fingerprint density at radius 3 is 2.53 bits per heavy atom. The van der Waals surface area contributed by atoms with E-state index in [4.69, 9.17) is 20.4 Å². The Morgan fingerprint density at radius 2 is 1.89 bits per heavy atom. The van der Waals surface area contributed by atoms with E-state index in [-0.39, 0.29) is 5.84 Å². The number of oxime groups is 1. The smallest absolute Gasteiger partial charge is 0.170 e. The molecule has 1 rings (SSSR count). The molecule has 0 aliphatic rings. The van der Waals surface area contributed by atoms with Crippen LogP contribution in [0.25, 0.3) is 0 Å². The molecule has 0 heterocycles. The topological polar surface area (TPSA) is 77.1 Å². The van der Waals surface area contributed by atoms with Crippen LogP contribution < -0.4 is 10.5 Å². The van der Waals surface area contributed by atoms with Gasteiger partial charge in [-0.25, -0.2) is 0 Å². The van der Waals surface area contributed by atoms with Gasteiger partial charge in [0.1, 0.15) is 12.4 Å². The van der Waals surface area contributed by atoms with Crippen molar-refractivity contribution in [1.82, 2.24) is 0 Å². The number of ether oxygens (including phenoxy) is 2. The normalized spacial score (nSPS) is 11.5. The molecule has 1 aromatic rings. The molecule has 106 valence electrons. The third-order valence-corrected chi connectivity index (χ3v) is 2.65. The molecule has 0 unspecified atom stereocenters. The zero-order valence-corrected chi connectivity index (χ0v) is 11.3. The minimum Gasteiger partial charge on any atom is -0.491 e. The Morgan fingerprint density at radius 1 is 1.16 bits per heavy atom. The maximum atomic E-state index is 8.53. The quantitative estimate of drug-likeness (QED) is 0.236. The van der Waals surface area contributed by atoms with Gasteiger partial charge in [0.15, 0.2) is 5.84 Å². The molecule has 0 radical (unpaired) electrons. The van der Waals surface area contributed by atoms with Crippen LogP contribution in [0.3, 0.4) is 0 Å². The number of hydrogen-bond donors (Lipinski definition) is 2. The highest BCUT2D eigenvalue weighted by molar-refractivity contribution is 5.97. The number of nitrogens with two attached hydrogens (primary N) is 1. The molecule has 0 saturated carbocycles. The second-order valence-corrected chi connectivity index (χ2v) is 4.18. The molecular weight excluding hydrogens is 244 g/mol. The summed E-state index contributed by atoms with van der Waals surface area (Å²) in [7, 11) is 0. The summed E-state index contributed by atoms with van der Waals surface area (Å²) in [5, 5.41) is 11.5. The van der Waals surface area contributed by atoms with Crippen molar-refractivity contribution in [3.8, 4) is 5.75 Å². The van der Waals surface area contributed by atoms with E-state index in [1.807, 2.05) is 0 Å². The fourth-order valence-corrected chi connectivity index (χ4v) is 1.55. The second kappa shape index (κ2) is 9.22.